The Morgan fingerprint density at radius 3 is 2.36 bits per heavy atom. The Labute approximate surface area is 172 Å². The first kappa shape index (κ1) is 18.4. The fourth-order valence-electron chi connectivity index (χ4n) is 3.24. The van der Waals surface area contributed by atoms with E-state index in [-0.39, 0.29) is 5.91 Å². The number of anilines is 1. The van der Waals surface area contributed by atoms with Crippen LogP contribution in [0, 0.1) is 13.8 Å². The van der Waals surface area contributed by atoms with E-state index in [1.807, 2.05) is 86.6 Å². The maximum Gasteiger partial charge on any atom is 0.256 e. The number of nitrogens with zero attached hydrogens (tertiary/aromatic N) is 1. The summed E-state index contributed by atoms with van der Waals surface area (Å²) in [6.45, 7) is 4.03. The lowest BCUT2D eigenvalue weighted by Crippen LogP contribution is -2.13. The minimum Gasteiger partial charge on any atom is -0.322 e. The predicted molar refractivity (Wildman–Crippen MR) is 119 cm³/mol. The molecule has 0 aliphatic heterocycles. The van der Waals surface area contributed by atoms with Crippen molar-refractivity contribution in [3.05, 3.63) is 94.0 Å². The Balaban J connectivity index is 1.87. The van der Waals surface area contributed by atoms with Gasteiger partial charge < -0.3 is 5.32 Å². The molecule has 0 aliphatic carbocycles. The lowest BCUT2D eigenvalue weighted by atomic mass is 10.0. The van der Waals surface area contributed by atoms with Crippen molar-refractivity contribution in [3.63, 3.8) is 0 Å². The molecule has 0 atom stereocenters. The zero-order chi connectivity index (χ0) is 19.7. The van der Waals surface area contributed by atoms with Gasteiger partial charge in [0.1, 0.15) is 0 Å². The normalized spacial score (nSPS) is 10.8. The number of fused-ring (bicyclic) bond motifs is 1. The van der Waals surface area contributed by atoms with Crippen LogP contribution in [0.5, 0.6) is 0 Å². The van der Waals surface area contributed by atoms with E-state index < -0.39 is 0 Å². The maximum atomic E-state index is 13.2. The summed E-state index contributed by atoms with van der Waals surface area (Å²) in [5.74, 6) is -0.147. The Morgan fingerprint density at radius 1 is 0.929 bits per heavy atom. The molecule has 1 heterocycles. The fourth-order valence-corrected chi connectivity index (χ4v) is 3.81. The molecule has 4 rings (SSSR count). The van der Waals surface area contributed by atoms with Gasteiger partial charge in [-0.15, -0.1) is 0 Å². The highest BCUT2D eigenvalue weighted by Gasteiger charge is 2.16. The summed E-state index contributed by atoms with van der Waals surface area (Å²) in [5, 5.41) is 3.84. The van der Waals surface area contributed by atoms with E-state index >= 15 is 0 Å². The van der Waals surface area contributed by atoms with Crippen molar-refractivity contribution in [1.29, 1.82) is 0 Å². The summed E-state index contributed by atoms with van der Waals surface area (Å²) in [6.07, 6.45) is 0. The summed E-state index contributed by atoms with van der Waals surface area (Å²) in [6, 6.07) is 23.6. The molecule has 1 N–H and O–H groups in total. The monoisotopic (exact) mass is 430 g/mol. The molecule has 28 heavy (non-hydrogen) atoms. The highest BCUT2D eigenvalue weighted by Crippen LogP contribution is 2.30. The van der Waals surface area contributed by atoms with Gasteiger partial charge in [-0.1, -0.05) is 64.0 Å². The van der Waals surface area contributed by atoms with Crippen LogP contribution in [-0.2, 0) is 0 Å². The largest absolute Gasteiger partial charge is 0.322 e. The number of benzene rings is 3. The predicted octanol–water partition coefficient (Wildman–Crippen LogP) is 6.53. The highest BCUT2D eigenvalue weighted by atomic mass is 79.9. The fraction of sp³-hybridized carbons (Fsp3) is 0.0833. The topological polar surface area (TPSA) is 42.0 Å². The zero-order valence-corrected chi connectivity index (χ0v) is 17.2. The molecule has 0 unspecified atom stereocenters. The van der Waals surface area contributed by atoms with E-state index in [1.54, 1.807) is 0 Å². The first-order valence-electron chi connectivity index (χ1n) is 9.05. The smallest absolute Gasteiger partial charge is 0.256 e. The van der Waals surface area contributed by atoms with Gasteiger partial charge in [0.25, 0.3) is 5.91 Å². The van der Waals surface area contributed by atoms with Crippen molar-refractivity contribution < 1.29 is 4.79 Å². The van der Waals surface area contributed by atoms with Gasteiger partial charge in [-0.05, 0) is 49.7 Å². The van der Waals surface area contributed by atoms with Crippen molar-refractivity contribution in [2.24, 2.45) is 0 Å². The van der Waals surface area contributed by atoms with Crippen LogP contribution >= 0.6 is 15.9 Å². The van der Waals surface area contributed by atoms with Gasteiger partial charge in [0, 0.05) is 21.1 Å². The molecule has 0 saturated carbocycles. The van der Waals surface area contributed by atoms with E-state index in [9.17, 15) is 4.79 Å². The Morgan fingerprint density at radius 2 is 1.64 bits per heavy atom. The number of carbonyl (C=O) groups is 1. The number of halogens is 1. The molecule has 1 amide bonds. The van der Waals surface area contributed by atoms with Crippen LogP contribution in [-0.4, -0.2) is 10.9 Å². The third kappa shape index (κ3) is 3.69. The number of hydrogen-bond acceptors (Lipinski definition) is 2. The number of amides is 1. The molecule has 0 bridgehead atoms. The van der Waals surface area contributed by atoms with Gasteiger partial charge in [0.2, 0.25) is 0 Å². The van der Waals surface area contributed by atoms with Crippen LogP contribution < -0.4 is 5.32 Å². The van der Waals surface area contributed by atoms with Gasteiger partial charge in [-0.3, -0.25) is 4.79 Å². The van der Waals surface area contributed by atoms with Crippen LogP contribution in [0.25, 0.3) is 22.2 Å². The van der Waals surface area contributed by atoms with Crippen molar-refractivity contribution in [1.82, 2.24) is 4.98 Å². The molecule has 0 aliphatic rings. The average Bonchev–Trinajstić information content (AvgIpc) is 2.69. The summed E-state index contributed by atoms with van der Waals surface area (Å²) in [5.41, 5.74) is 6.15. The van der Waals surface area contributed by atoms with Gasteiger partial charge in [-0.2, -0.15) is 0 Å². The van der Waals surface area contributed by atoms with Crippen molar-refractivity contribution >= 4 is 38.4 Å². The lowest BCUT2D eigenvalue weighted by molar-refractivity contribution is 0.102. The minimum atomic E-state index is -0.147. The highest BCUT2D eigenvalue weighted by molar-refractivity contribution is 9.10. The number of pyridine rings is 1. The second-order valence-corrected chi connectivity index (χ2v) is 7.78. The molecule has 3 aromatic carbocycles. The van der Waals surface area contributed by atoms with E-state index in [1.165, 1.54) is 0 Å². The summed E-state index contributed by atoms with van der Waals surface area (Å²) >= 11 is 3.55. The Bertz CT molecular complexity index is 1170. The van der Waals surface area contributed by atoms with E-state index in [0.717, 1.165) is 43.4 Å². The molecule has 1 aromatic heterocycles. The molecule has 0 saturated heterocycles. The second kappa shape index (κ2) is 7.56. The zero-order valence-electron chi connectivity index (χ0n) is 15.7. The molecule has 4 heteroatoms. The molecule has 3 nitrogen and oxygen atoms in total. The Kier molecular flexibility index (Phi) is 4.97. The van der Waals surface area contributed by atoms with E-state index in [0.29, 0.717) is 5.56 Å². The summed E-state index contributed by atoms with van der Waals surface area (Å²) in [4.78, 5) is 18.0. The van der Waals surface area contributed by atoms with Gasteiger partial charge in [-0.25, -0.2) is 4.98 Å². The third-order valence-corrected chi connectivity index (χ3v) is 5.15. The molecule has 4 aromatic rings. The quantitative estimate of drug-likeness (QED) is 0.401. The van der Waals surface area contributed by atoms with Crippen LogP contribution in [0.2, 0.25) is 0 Å². The average molecular weight is 431 g/mol. The molecular weight excluding hydrogens is 412 g/mol. The number of aryl methyl sites for hydroxylation is 2. The lowest BCUT2D eigenvalue weighted by Gasteiger charge is -2.13. The van der Waals surface area contributed by atoms with Crippen LogP contribution in [0.15, 0.2) is 77.3 Å². The van der Waals surface area contributed by atoms with Crippen LogP contribution in [0.4, 0.5) is 5.69 Å². The van der Waals surface area contributed by atoms with Gasteiger partial charge in [0.15, 0.2) is 0 Å². The SMILES string of the molecule is Cc1ccc(NC(=O)c2cc(-c3ccccc3)nc3c(C)cc(Br)cc23)cc1. The number of rotatable bonds is 3. The molecule has 0 radical (unpaired) electrons. The summed E-state index contributed by atoms with van der Waals surface area (Å²) < 4.78 is 0.927. The number of nitrogens with one attached hydrogen (secondary N) is 1. The minimum absolute atomic E-state index is 0.147. The summed E-state index contributed by atoms with van der Waals surface area (Å²) in [7, 11) is 0. The van der Waals surface area contributed by atoms with Crippen LogP contribution in [0.1, 0.15) is 21.5 Å². The molecule has 0 fully saturated rings. The second-order valence-electron chi connectivity index (χ2n) is 6.86. The molecule has 138 valence electrons. The number of aromatic nitrogens is 1. The van der Waals surface area contributed by atoms with Gasteiger partial charge >= 0.3 is 0 Å². The molecule has 0 spiro atoms. The van der Waals surface area contributed by atoms with E-state index in [2.05, 4.69) is 21.2 Å². The molecular formula is C24H19BrN2O. The van der Waals surface area contributed by atoms with E-state index in [4.69, 9.17) is 4.98 Å². The van der Waals surface area contributed by atoms with Crippen molar-refractivity contribution in [2.45, 2.75) is 13.8 Å². The first-order chi connectivity index (χ1) is 13.5. The number of hydrogen-bond donors (Lipinski definition) is 1. The van der Waals surface area contributed by atoms with Crippen molar-refractivity contribution in [2.75, 3.05) is 5.32 Å². The maximum absolute atomic E-state index is 13.2. The standard InChI is InChI=1S/C24H19BrN2O/c1-15-8-10-19(11-9-15)26-24(28)21-14-22(17-6-4-3-5-7-17)27-23-16(2)12-18(25)13-20(21)23/h3-14H,1-2H3,(H,26,28). The first-order valence-corrected chi connectivity index (χ1v) is 9.85. The van der Waals surface area contributed by atoms with Crippen molar-refractivity contribution in [3.8, 4) is 11.3 Å². The van der Waals surface area contributed by atoms with Gasteiger partial charge in [0.05, 0.1) is 16.8 Å². The Hall–Kier alpha value is -2.98. The number of carbonyl (C=O) groups excluding carboxylic acids is 1. The van der Waals surface area contributed by atoms with Crippen LogP contribution in [0.3, 0.4) is 0 Å². The third-order valence-electron chi connectivity index (χ3n) is 4.69.